The van der Waals surface area contributed by atoms with Crippen LogP contribution in [0.3, 0.4) is 0 Å². The third-order valence-corrected chi connectivity index (χ3v) is 6.01. The van der Waals surface area contributed by atoms with Crippen molar-refractivity contribution in [3.05, 3.63) is 56.7 Å². The van der Waals surface area contributed by atoms with E-state index in [4.69, 9.17) is 0 Å². The van der Waals surface area contributed by atoms with Gasteiger partial charge in [-0.05, 0) is 44.4 Å². The van der Waals surface area contributed by atoms with Crippen LogP contribution >= 0.6 is 11.3 Å². The van der Waals surface area contributed by atoms with Crippen LogP contribution in [0.4, 0.5) is 0 Å². The van der Waals surface area contributed by atoms with Crippen molar-refractivity contribution >= 4 is 22.2 Å². The Morgan fingerprint density at radius 3 is 3.00 bits per heavy atom. The predicted octanol–water partition coefficient (Wildman–Crippen LogP) is 2.55. The number of imidazole rings is 1. The van der Waals surface area contributed by atoms with Gasteiger partial charge in [0.25, 0.3) is 11.5 Å². The summed E-state index contributed by atoms with van der Waals surface area (Å²) in [5.41, 5.74) is 1.40. The number of H-pyrrole nitrogens is 1. The van der Waals surface area contributed by atoms with Crippen molar-refractivity contribution in [1.82, 2.24) is 24.6 Å². The van der Waals surface area contributed by atoms with Crippen LogP contribution in [0.25, 0.3) is 4.96 Å². The Hall–Kier alpha value is -2.45. The van der Waals surface area contributed by atoms with Gasteiger partial charge < -0.3 is 10.3 Å². The molecule has 0 aliphatic carbocycles. The van der Waals surface area contributed by atoms with Crippen LogP contribution in [0.1, 0.15) is 46.4 Å². The molecule has 0 saturated carbocycles. The van der Waals surface area contributed by atoms with Crippen molar-refractivity contribution < 1.29 is 4.79 Å². The first-order valence-electron chi connectivity index (χ1n) is 9.64. The van der Waals surface area contributed by atoms with Crippen molar-refractivity contribution in [2.24, 2.45) is 5.92 Å². The van der Waals surface area contributed by atoms with E-state index in [1.54, 1.807) is 17.4 Å². The summed E-state index contributed by atoms with van der Waals surface area (Å²) in [4.78, 5) is 36.6. The summed E-state index contributed by atoms with van der Waals surface area (Å²) >= 11 is 1.60. The smallest absolute Gasteiger partial charge is 0.261 e. The molecule has 1 saturated heterocycles. The van der Waals surface area contributed by atoms with Gasteiger partial charge in [-0.15, -0.1) is 11.3 Å². The number of rotatable bonds is 5. The van der Waals surface area contributed by atoms with Crippen LogP contribution in [0.15, 0.2) is 29.3 Å². The number of amides is 1. The molecule has 0 radical (unpaired) electrons. The summed E-state index contributed by atoms with van der Waals surface area (Å²) in [6.07, 6.45) is 6.36. The van der Waals surface area contributed by atoms with Gasteiger partial charge in [0.1, 0.15) is 5.56 Å². The van der Waals surface area contributed by atoms with Crippen LogP contribution in [-0.4, -0.2) is 38.3 Å². The normalized spacial score (nSPS) is 17.9. The fourth-order valence-corrected chi connectivity index (χ4v) is 4.60. The third kappa shape index (κ3) is 4.18. The van der Waals surface area contributed by atoms with Gasteiger partial charge in [0.2, 0.25) is 0 Å². The Morgan fingerprint density at radius 1 is 1.39 bits per heavy atom. The summed E-state index contributed by atoms with van der Waals surface area (Å²) in [6.45, 7) is 7.39. The maximum atomic E-state index is 12.4. The van der Waals surface area contributed by atoms with Gasteiger partial charge in [0.05, 0.1) is 12.2 Å². The number of aromatic amines is 1. The lowest BCUT2D eigenvalue weighted by atomic mass is 10.0. The highest BCUT2D eigenvalue weighted by molar-refractivity contribution is 7.16. The Balaban J connectivity index is 1.38. The van der Waals surface area contributed by atoms with Crippen LogP contribution in [0.2, 0.25) is 0 Å². The zero-order valence-corrected chi connectivity index (χ0v) is 17.0. The Bertz CT molecular complexity index is 1020. The molecule has 7 nitrogen and oxygen atoms in total. The van der Waals surface area contributed by atoms with Crippen LogP contribution in [0.5, 0.6) is 0 Å². The summed E-state index contributed by atoms with van der Waals surface area (Å²) in [6, 6.07) is 3.46. The molecular weight excluding hydrogens is 374 g/mol. The zero-order chi connectivity index (χ0) is 19.7. The Morgan fingerprint density at radius 2 is 2.25 bits per heavy atom. The number of fused-ring (bicyclic) bond motifs is 1. The molecule has 1 fully saturated rings. The number of pyridine rings is 1. The molecule has 8 heteroatoms. The monoisotopic (exact) mass is 399 g/mol. The van der Waals surface area contributed by atoms with Crippen molar-refractivity contribution in [1.29, 1.82) is 0 Å². The molecule has 4 rings (SSSR count). The maximum absolute atomic E-state index is 12.4. The number of thiazole rings is 1. The number of aryl methyl sites for hydroxylation is 1. The summed E-state index contributed by atoms with van der Waals surface area (Å²) in [7, 11) is 0. The molecule has 3 aromatic heterocycles. The standard InChI is InChI=1S/C20H25N5O2S/c1-13-4-3-7-24(9-13)11-15-5-6-17(19(27)22-15)18(26)21-8-16-12-25-10-14(2)28-20(25)23-16/h5-6,10,12-13H,3-4,7-9,11H2,1-2H3,(H,21,26)(H,22,27). The highest BCUT2D eigenvalue weighted by atomic mass is 32.1. The van der Waals surface area contributed by atoms with Gasteiger partial charge in [0, 0.05) is 36.1 Å². The van der Waals surface area contributed by atoms with Gasteiger partial charge in [-0.2, -0.15) is 0 Å². The van der Waals surface area contributed by atoms with Crippen LogP contribution in [0, 0.1) is 12.8 Å². The van der Waals surface area contributed by atoms with E-state index >= 15 is 0 Å². The first-order chi connectivity index (χ1) is 13.5. The van der Waals surface area contributed by atoms with Crippen LogP contribution < -0.4 is 10.9 Å². The number of carbonyl (C=O) groups excluding carboxylic acids is 1. The minimum Gasteiger partial charge on any atom is -0.346 e. The van der Waals surface area contributed by atoms with Gasteiger partial charge in [0.15, 0.2) is 4.96 Å². The van der Waals surface area contributed by atoms with E-state index in [1.807, 2.05) is 29.8 Å². The molecule has 4 heterocycles. The van der Waals surface area contributed by atoms with Crippen molar-refractivity contribution in [2.45, 2.75) is 39.8 Å². The number of likely N-dealkylation sites (tertiary alicyclic amines) is 1. The minimum absolute atomic E-state index is 0.132. The van der Waals surface area contributed by atoms with Crippen molar-refractivity contribution in [2.75, 3.05) is 13.1 Å². The molecule has 1 unspecified atom stereocenters. The lowest BCUT2D eigenvalue weighted by molar-refractivity contribution is 0.0949. The van der Waals surface area contributed by atoms with Gasteiger partial charge >= 0.3 is 0 Å². The Labute approximate surface area is 167 Å². The number of piperidine rings is 1. The zero-order valence-electron chi connectivity index (χ0n) is 16.2. The van der Waals surface area contributed by atoms with E-state index in [0.29, 0.717) is 19.0 Å². The third-order valence-electron chi connectivity index (χ3n) is 5.10. The average molecular weight is 400 g/mol. The molecule has 148 valence electrons. The SMILES string of the molecule is Cc1cn2cc(CNC(=O)c3ccc(CN4CCCC(C)C4)[nH]c3=O)nc2s1. The Kier molecular flexibility index (Phi) is 5.32. The molecule has 1 atom stereocenters. The second kappa shape index (κ2) is 7.89. The first-order valence-corrected chi connectivity index (χ1v) is 10.5. The predicted molar refractivity (Wildman–Crippen MR) is 110 cm³/mol. The molecule has 0 bridgehead atoms. The number of hydrogen-bond donors (Lipinski definition) is 2. The first kappa shape index (κ1) is 18.9. The van der Waals surface area contributed by atoms with Crippen LogP contribution in [-0.2, 0) is 13.1 Å². The van der Waals surface area contributed by atoms with Gasteiger partial charge in [-0.3, -0.25) is 18.9 Å². The summed E-state index contributed by atoms with van der Waals surface area (Å²) in [5, 5.41) is 2.79. The topological polar surface area (TPSA) is 82.5 Å². The maximum Gasteiger partial charge on any atom is 0.261 e. The quantitative estimate of drug-likeness (QED) is 0.691. The lowest BCUT2D eigenvalue weighted by Crippen LogP contribution is -2.35. The molecule has 1 aliphatic rings. The summed E-state index contributed by atoms with van der Waals surface area (Å²) in [5.74, 6) is 0.305. The fourth-order valence-electron chi connectivity index (χ4n) is 3.77. The average Bonchev–Trinajstić information content (AvgIpc) is 3.16. The van der Waals surface area contributed by atoms with E-state index in [2.05, 4.69) is 27.1 Å². The van der Waals surface area contributed by atoms with Gasteiger partial charge in [-0.25, -0.2) is 4.98 Å². The highest BCUT2D eigenvalue weighted by Crippen LogP contribution is 2.17. The fraction of sp³-hybridized carbons (Fsp3) is 0.450. The largest absolute Gasteiger partial charge is 0.346 e. The van der Waals surface area contributed by atoms with E-state index in [0.717, 1.165) is 29.4 Å². The lowest BCUT2D eigenvalue weighted by Gasteiger charge is -2.30. The van der Waals surface area contributed by atoms with E-state index < -0.39 is 0 Å². The second-order valence-electron chi connectivity index (χ2n) is 7.66. The minimum atomic E-state index is -0.382. The number of aromatic nitrogens is 3. The second-order valence-corrected chi connectivity index (χ2v) is 8.87. The van der Waals surface area contributed by atoms with Crippen molar-refractivity contribution in [3.63, 3.8) is 0 Å². The van der Waals surface area contributed by atoms with Crippen molar-refractivity contribution in [3.8, 4) is 0 Å². The van der Waals surface area contributed by atoms with E-state index in [1.165, 1.54) is 17.7 Å². The molecule has 1 aliphatic heterocycles. The number of nitrogens with one attached hydrogen (secondary N) is 2. The molecule has 1 amide bonds. The van der Waals surface area contributed by atoms with Gasteiger partial charge in [-0.1, -0.05) is 6.92 Å². The number of carbonyl (C=O) groups is 1. The molecule has 3 aromatic rings. The molecule has 0 aromatic carbocycles. The molecule has 0 spiro atoms. The molecule has 2 N–H and O–H groups in total. The molecular formula is C20H25N5O2S. The molecule has 28 heavy (non-hydrogen) atoms. The summed E-state index contributed by atoms with van der Waals surface area (Å²) < 4.78 is 1.95. The number of hydrogen-bond acceptors (Lipinski definition) is 5. The highest BCUT2D eigenvalue weighted by Gasteiger charge is 2.17. The van der Waals surface area contributed by atoms with E-state index in [9.17, 15) is 9.59 Å². The number of nitrogens with zero attached hydrogens (tertiary/aromatic N) is 3. The van der Waals surface area contributed by atoms with E-state index in [-0.39, 0.29) is 17.0 Å².